The summed E-state index contributed by atoms with van der Waals surface area (Å²) in [7, 11) is 0. The standard InChI is InChI=1S/C11H18N4OS/c1-3-12-11(16)15-6-4-5-9(7-15)10-14-13-8(2)17-10/h9H,3-7H2,1-2H3,(H,12,16). The molecule has 17 heavy (non-hydrogen) atoms. The maximum Gasteiger partial charge on any atom is 0.317 e. The number of nitrogens with zero attached hydrogens (tertiary/aromatic N) is 3. The fourth-order valence-corrected chi connectivity index (χ4v) is 2.93. The zero-order valence-electron chi connectivity index (χ0n) is 10.3. The Balaban J connectivity index is 1.99. The highest BCUT2D eigenvalue weighted by Gasteiger charge is 2.26. The molecule has 2 rings (SSSR count). The lowest BCUT2D eigenvalue weighted by Crippen LogP contribution is -2.44. The van der Waals surface area contributed by atoms with E-state index in [2.05, 4.69) is 15.5 Å². The Hall–Kier alpha value is -1.17. The summed E-state index contributed by atoms with van der Waals surface area (Å²) in [6.45, 7) is 6.19. The van der Waals surface area contributed by atoms with Crippen LogP contribution in [0.2, 0.25) is 0 Å². The molecule has 1 N–H and O–H groups in total. The maximum absolute atomic E-state index is 11.8. The molecule has 2 amide bonds. The second-order valence-corrected chi connectivity index (χ2v) is 5.49. The molecule has 0 aromatic carbocycles. The average molecular weight is 254 g/mol. The summed E-state index contributed by atoms with van der Waals surface area (Å²) in [5.74, 6) is 0.359. The highest BCUT2D eigenvalue weighted by molar-refractivity contribution is 7.11. The Morgan fingerprint density at radius 2 is 2.41 bits per heavy atom. The highest BCUT2D eigenvalue weighted by atomic mass is 32.1. The zero-order chi connectivity index (χ0) is 12.3. The molecule has 6 heteroatoms. The fourth-order valence-electron chi connectivity index (χ4n) is 2.10. The third kappa shape index (κ3) is 2.94. The van der Waals surface area contributed by atoms with Crippen LogP contribution in [0.3, 0.4) is 0 Å². The Morgan fingerprint density at radius 1 is 1.59 bits per heavy atom. The number of hydrogen-bond acceptors (Lipinski definition) is 4. The molecule has 1 aromatic heterocycles. The molecule has 1 aliphatic rings. The molecular formula is C11H18N4OS. The number of aromatic nitrogens is 2. The van der Waals surface area contributed by atoms with Crippen molar-refractivity contribution in [3.63, 3.8) is 0 Å². The third-order valence-corrected chi connectivity index (χ3v) is 3.93. The lowest BCUT2D eigenvalue weighted by Gasteiger charge is -2.31. The molecule has 1 fully saturated rings. The number of carbonyl (C=O) groups excluding carboxylic acids is 1. The number of carbonyl (C=O) groups is 1. The number of urea groups is 1. The van der Waals surface area contributed by atoms with E-state index >= 15 is 0 Å². The number of hydrogen-bond donors (Lipinski definition) is 1. The van der Waals surface area contributed by atoms with Gasteiger partial charge >= 0.3 is 6.03 Å². The molecule has 1 saturated heterocycles. The zero-order valence-corrected chi connectivity index (χ0v) is 11.1. The first-order valence-corrected chi connectivity index (χ1v) is 6.85. The normalized spacial score (nSPS) is 20.4. The number of rotatable bonds is 2. The summed E-state index contributed by atoms with van der Waals surface area (Å²) >= 11 is 1.64. The molecule has 0 aliphatic carbocycles. The van der Waals surface area contributed by atoms with Crippen LogP contribution in [0.15, 0.2) is 0 Å². The van der Waals surface area contributed by atoms with Crippen molar-refractivity contribution in [1.29, 1.82) is 0 Å². The van der Waals surface area contributed by atoms with Crippen LogP contribution in [-0.2, 0) is 0 Å². The minimum atomic E-state index is 0.0402. The summed E-state index contributed by atoms with van der Waals surface area (Å²) in [6, 6.07) is 0.0402. The van der Waals surface area contributed by atoms with Crippen LogP contribution in [0.25, 0.3) is 0 Å². The van der Waals surface area contributed by atoms with Crippen LogP contribution in [0, 0.1) is 6.92 Å². The second kappa shape index (κ2) is 5.44. The lowest BCUT2D eigenvalue weighted by molar-refractivity contribution is 0.180. The Kier molecular flexibility index (Phi) is 3.93. The molecule has 0 bridgehead atoms. The van der Waals surface area contributed by atoms with Crippen molar-refractivity contribution in [2.45, 2.75) is 32.6 Å². The van der Waals surface area contributed by atoms with Crippen molar-refractivity contribution < 1.29 is 4.79 Å². The van der Waals surface area contributed by atoms with E-state index in [4.69, 9.17) is 0 Å². The second-order valence-electron chi connectivity index (χ2n) is 4.28. The van der Waals surface area contributed by atoms with E-state index in [1.54, 1.807) is 11.3 Å². The van der Waals surface area contributed by atoms with Crippen LogP contribution in [0.4, 0.5) is 4.79 Å². The van der Waals surface area contributed by atoms with E-state index in [0.29, 0.717) is 12.5 Å². The number of amides is 2. The first kappa shape index (κ1) is 12.3. The van der Waals surface area contributed by atoms with Gasteiger partial charge in [0.2, 0.25) is 0 Å². The molecule has 2 heterocycles. The average Bonchev–Trinajstić information content (AvgIpc) is 2.76. The largest absolute Gasteiger partial charge is 0.338 e. The summed E-state index contributed by atoms with van der Waals surface area (Å²) in [5, 5.41) is 13.1. The number of likely N-dealkylation sites (tertiary alicyclic amines) is 1. The molecule has 1 atom stereocenters. The van der Waals surface area contributed by atoms with Crippen LogP contribution < -0.4 is 5.32 Å². The molecule has 1 aromatic rings. The molecular weight excluding hydrogens is 236 g/mol. The van der Waals surface area contributed by atoms with Gasteiger partial charge < -0.3 is 10.2 Å². The van der Waals surface area contributed by atoms with Crippen molar-refractivity contribution in [3.8, 4) is 0 Å². The van der Waals surface area contributed by atoms with Crippen molar-refractivity contribution in [2.24, 2.45) is 0 Å². The van der Waals surface area contributed by atoms with E-state index in [1.807, 2.05) is 18.7 Å². The number of aryl methyl sites for hydroxylation is 1. The van der Waals surface area contributed by atoms with Gasteiger partial charge in [-0.1, -0.05) is 0 Å². The monoisotopic (exact) mass is 254 g/mol. The predicted molar refractivity (Wildman–Crippen MR) is 67.3 cm³/mol. The lowest BCUT2D eigenvalue weighted by atomic mass is 9.99. The quantitative estimate of drug-likeness (QED) is 0.875. The van der Waals surface area contributed by atoms with Gasteiger partial charge in [0.1, 0.15) is 10.0 Å². The van der Waals surface area contributed by atoms with E-state index in [-0.39, 0.29) is 6.03 Å². The SMILES string of the molecule is CCNC(=O)N1CCCC(c2nnc(C)s2)C1. The van der Waals surface area contributed by atoms with Crippen molar-refractivity contribution >= 4 is 17.4 Å². The third-order valence-electron chi connectivity index (χ3n) is 2.93. The van der Waals surface area contributed by atoms with Crippen LogP contribution in [0.5, 0.6) is 0 Å². The van der Waals surface area contributed by atoms with Crippen molar-refractivity contribution in [2.75, 3.05) is 19.6 Å². The van der Waals surface area contributed by atoms with Crippen LogP contribution in [-0.4, -0.2) is 40.8 Å². The van der Waals surface area contributed by atoms with Gasteiger partial charge in [-0.3, -0.25) is 0 Å². The van der Waals surface area contributed by atoms with E-state index in [9.17, 15) is 4.79 Å². The van der Waals surface area contributed by atoms with Gasteiger partial charge in [-0.25, -0.2) is 4.79 Å². The van der Waals surface area contributed by atoms with Crippen molar-refractivity contribution in [3.05, 3.63) is 10.0 Å². The molecule has 5 nitrogen and oxygen atoms in total. The van der Waals surface area contributed by atoms with Gasteiger partial charge in [0.05, 0.1) is 0 Å². The van der Waals surface area contributed by atoms with Gasteiger partial charge in [-0.2, -0.15) is 0 Å². The van der Waals surface area contributed by atoms with E-state index in [0.717, 1.165) is 35.9 Å². The minimum absolute atomic E-state index is 0.0402. The Bertz CT molecular complexity index is 393. The van der Waals surface area contributed by atoms with Gasteiger partial charge in [-0.05, 0) is 26.7 Å². The van der Waals surface area contributed by atoms with Gasteiger partial charge in [-0.15, -0.1) is 21.5 Å². The van der Waals surface area contributed by atoms with E-state index in [1.165, 1.54) is 0 Å². The highest BCUT2D eigenvalue weighted by Crippen LogP contribution is 2.28. The van der Waals surface area contributed by atoms with Crippen LogP contribution in [0.1, 0.15) is 35.7 Å². The minimum Gasteiger partial charge on any atom is -0.338 e. The van der Waals surface area contributed by atoms with Gasteiger partial charge in [0.25, 0.3) is 0 Å². The maximum atomic E-state index is 11.8. The topological polar surface area (TPSA) is 58.1 Å². The molecule has 0 saturated carbocycles. The van der Waals surface area contributed by atoms with Crippen molar-refractivity contribution in [1.82, 2.24) is 20.4 Å². The van der Waals surface area contributed by atoms with Crippen LogP contribution >= 0.6 is 11.3 Å². The Labute approximate surface area is 105 Å². The predicted octanol–water partition coefficient (Wildman–Crippen LogP) is 1.76. The molecule has 0 radical (unpaired) electrons. The summed E-state index contributed by atoms with van der Waals surface area (Å²) in [6.07, 6.45) is 2.14. The van der Waals surface area contributed by atoms with Gasteiger partial charge in [0.15, 0.2) is 0 Å². The van der Waals surface area contributed by atoms with E-state index < -0.39 is 0 Å². The molecule has 94 valence electrons. The molecule has 1 unspecified atom stereocenters. The molecule has 1 aliphatic heterocycles. The smallest absolute Gasteiger partial charge is 0.317 e. The number of nitrogens with one attached hydrogen (secondary N) is 1. The number of piperidine rings is 1. The molecule has 0 spiro atoms. The fraction of sp³-hybridized carbons (Fsp3) is 0.727. The first-order chi connectivity index (χ1) is 8.20. The summed E-state index contributed by atoms with van der Waals surface area (Å²) < 4.78 is 0. The Morgan fingerprint density at radius 3 is 3.06 bits per heavy atom. The summed E-state index contributed by atoms with van der Waals surface area (Å²) in [5.41, 5.74) is 0. The summed E-state index contributed by atoms with van der Waals surface area (Å²) in [4.78, 5) is 13.6. The first-order valence-electron chi connectivity index (χ1n) is 6.03. The van der Waals surface area contributed by atoms with Gasteiger partial charge in [0, 0.05) is 25.6 Å².